The van der Waals surface area contributed by atoms with E-state index in [1.54, 1.807) is 0 Å². The minimum absolute atomic E-state index is 0.254. The van der Waals surface area contributed by atoms with E-state index in [1.165, 1.54) is 7.11 Å². The van der Waals surface area contributed by atoms with Crippen LogP contribution in [0.4, 0.5) is 0 Å². The molecule has 0 amide bonds. The van der Waals surface area contributed by atoms with Gasteiger partial charge in [0, 0.05) is 5.92 Å². The zero-order valence-corrected chi connectivity index (χ0v) is 11.7. The summed E-state index contributed by atoms with van der Waals surface area (Å²) in [6, 6.07) is -0.332. The fourth-order valence-electron chi connectivity index (χ4n) is 1.93. The molecule has 0 aromatic carbocycles. The van der Waals surface area contributed by atoms with Gasteiger partial charge in [0.2, 0.25) is 5.89 Å². The molecule has 0 bridgehead atoms. The van der Waals surface area contributed by atoms with Crippen LogP contribution in [0.25, 0.3) is 0 Å². The SMILES string of the molecule is COC(=O)C(CC(C)C)NCc1nc(C2CC2)no1. The average molecular weight is 267 g/mol. The number of hydrogen-bond acceptors (Lipinski definition) is 6. The predicted octanol–water partition coefficient (Wildman–Crippen LogP) is 1.62. The van der Waals surface area contributed by atoms with Crippen LogP contribution in [0.5, 0.6) is 0 Å². The van der Waals surface area contributed by atoms with Gasteiger partial charge in [0.15, 0.2) is 5.82 Å². The first-order valence-electron chi connectivity index (χ1n) is 6.73. The van der Waals surface area contributed by atoms with E-state index in [1.807, 2.05) is 0 Å². The molecule has 1 unspecified atom stereocenters. The first kappa shape index (κ1) is 14.0. The molecule has 0 aliphatic heterocycles. The van der Waals surface area contributed by atoms with Crippen LogP contribution in [0.2, 0.25) is 0 Å². The summed E-state index contributed by atoms with van der Waals surface area (Å²) in [7, 11) is 1.40. The van der Waals surface area contributed by atoms with Gasteiger partial charge in [0.05, 0.1) is 13.7 Å². The highest BCUT2D eigenvalue weighted by Crippen LogP contribution is 2.38. The quantitative estimate of drug-likeness (QED) is 0.756. The first-order valence-corrected chi connectivity index (χ1v) is 6.73. The molecule has 6 nitrogen and oxygen atoms in total. The second-order valence-electron chi connectivity index (χ2n) is 5.41. The van der Waals surface area contributed by atoms with Crippen molar-refractivity contribution in [1.82, 2.24) is 15.5 Å². The number of rotatable bonds is 7. The van der Waals surface area contributed by atoms with Crippen molar-refractivity contribution in [2.75, 3.05) is 7.11 Å². The molecule has 6 heteroatoms. The Morgan fingerprint density at radius 2 is 2.26 bits per heavy atom. The van der Waals surface area contributed by atoms with E-state index in [9.17, 15) is 4.79 Å². The number of carbonyl (C=O) groups excluding carboxylic acids is 1. The molecular weight excluding hydrogens is 246 g/mol. The van der Waals surface area contributed by atoms with Crippen molar-refractivity contribution in [3.8, 4) is 0 Å². The van der Waals surface area contributed by atoms with Crippen molar-refractivity contribution in [1.29, 1.82) is 0 Å². The Kier molecular flexibility index (Phi) is 4.52. The Hall–Kier alpha value is -1.43. The zero-order valence-electron chi connectivity index (χ0n) is 11.7. The van der Waals surface area contributed by atoms with Crippen LogP contribution in [0, 0.1) is 5.92 Å². The second-order valence-corrected chi connectivity index (χ2v) is 5.41. The Morgan fingerprint density at radius 3 is 2.84 bits per heavy atom. The molecule has 1 aliphatic carbocycles. The van der Waals surface area contributed by atoms with E-state index in [-0.39, 0.29) is 12.0 Å². The minimum Gasteiger partial charge on any atom is -0.468 e. The van der Waals surface area contributed by atoms with E-state index >= 15 is 0 Å². The largest absolute Gasteiger partial charge is 0.468 e. The molecule has 1 heterocycles. The van der Waals surface area contributed by atoms with Crippen LogP contribution in [-0.4, -0.2) is 29.3 Å². The second kappa shape index (κ2) is 6.14. The highest BCUT2D eigenvalue weighted by atomic mass is 16.5. The van der Waals surface area contributed by atoms with Gasteiger partial charge in [0.1, 0.15) is 6.04 Å². The van der Waals surface area contributed by atoms with Gasteiger partial charge in [0.25, 0.3) is 0 Å². The zero-order chi connectivity index (χ0) is 13.8. The van der Waals surface area contributed by atoms with E-state index in [2.05, 4.69) is 29.3 Å². The van der Waals surface area contributed by atoms with E-state index in [4.69, 9.17) is 9.26 Å². The summed E-state index contributed by atoms with van der Waals surface area (Å²) in [5, 5.41) is 7.06. The fraction of sp³-hybridized carbons (Fsp3) is 0.769. The molecule has 1 aromatic rings. The van der Waals surface area contributed by atoms with Crippen LogP contribution >= 0.6 is 0 Å². The Balaban J connectivity index is 1.87. The Bertz CT molecular complexity index is 427. The highest BCUT2D eigenvalue weighted by Gasteiger charge is 2.29. The number of aromatic nitrogens is 2. The van der Waals surface area contributed by atoms with Gasteiger partial charge in [-0.15, -0.1) is 0 Å². The molecule has 19 heavy (non-hydrogen) atoms. The van der Waals surface area contributed by atoms with Crippen LogP contribution in [-0.2, 0) is 16.1 Å². The van der Waals surface area contributed by atoms with Crippen molar-refractivity contribution in [2.24, 2.45) is 5.92 Å². The third kappa shape index (κ3) is 4.02. The monoisotopic (exact) mass is 267 g/mol. The summed E-state index contributed by atoms with van der Waals surface area (Å²) in [4.78, 5) is 16.0. The first-order chi connectivity index (χ1) is 9.10. The lowest BCUT2D eigenvalue weighted by Crippen LogP contribution is -2.38. The van der Waals surface area contributed by atoms with Gasteiger partial charge in [-0.2, -0.15) is 4.98 Å². The minimum atomic E-state index is -0.332. The number of hydrogen-bond donors (Lipinski definition) is 1. The number of ether oxygens (including phenoxy) is 1. The molecule has 1 saturated carbocycles. The molecule has 2 rings (SSSR count). The van der Waals surface area contributed by atoms with Gasteiger partial charge in [-0.25, -0.2) is 0 Å². The molecule has 1 fully saturated rings. The van der Waals surface area contributed by atoms with Crippen LogP contribution in [0.3, 0.4) is 0 Å². The average Bonchev–Trinajstić information content (AvgIpc) is 3.13. The maximum Gasteiger partial charge on any atom is 0.322 e. The molecule has 106 valence electrons. The van der Waals surface area contributed by atoms with Crippen molar-refractivity contribution < 1.29 is 14.1 Å². The molecule has 0 saturated heterocycles. The Morgan fingerprint density at radius 1 is 1.53 bits per heavy atom. The number of nitrogens with zero attached hydrogens (tertiary/aromatic N) is 2. The third-order valence-corrected chi connectivity index (χ3v) is 3.12. The summed E-state index contributed by atoms with van der Waals surface area (Å²) < 4.78 is 9.95. The molecule has 1 aromatic heterocycles. The molecule has 0 spiro atoms. The molecular formula is C13H21N3O3. The van der Waals surface area contributed by atoms with E-state index in [0.29, 0.717) is 24.3 Å². The van der Waals surface area contributed by atoms with E-state index < -0.39 is 0 Å². The smallest absolute Gasteiger partial charge is 0.322 e. The van der Waals surface area contributed by atoms with Crippen molar-refractivity contribution >= 4 is 5.97 Å². The molecule has 0 radical (unpaired) electrons. The van der Waals surface area contributed by atoms with Gasteiger partial charge < -0.3 is 9.26 Å². The summed E-state index contributed by atoms with van der Waals surface area (Å²) in [5.41, 5.74) is 0. The van der Waals surface area contributed by atoms with Gasteiger partial charge in [-0.3, -0.25) is 10.1 Å². The maximum atomic E-state index is 11.6. The van der Waals surface area contributed by atoms with Crippen molar-refractivity contribution in [3.63, 3.8) is 0 Å². The molecule has 1 aliphatic rings. The molecule has 1 atom stereocenters. The van der Waals surface area contributed by atoms with Crippen LogP contribution < -0.4 is 5.32 Å². The normalized spacial score (nSPS) is 16.6. The predicted molar refractivity (Wildman–Crippen MR) is 68.4 cm³/mol. The third-order valence-electron chi connectivity index (χ3n) is 3.12. The van der Waals surface area contributed by atoms with E-state index in [0.717, 1.165) is 25.1 Å². The summed E-state index contributed by atoms with van der Waals surface area (Å²) in [6.45, 7) is 4.53. The lowest BCUT2D eigenvalue weighted by atomic mass is 10.0. The summed E-state index contributed by atoms with van der Waals surface area (Å²) in [6.07, 6.45) is 3.01. The van der Waals surface area contributed by atoms with Crippen LogP contribution in [0.15, 0.2) is 4.52 Å². The standard InChI is InChI=1S/C13H21N3O3/c1-8(2)6-10(13(17)18-3)14-7-11-15-12(16-19-11)9-4-5-9/h8-10,14H,4-7H2,1-3H3. The van der Waals surface area contributed by atoms with Gasteiger partial charge in [-0.05, 0) is 25.2 Å². The molecule has 1 N–H and O–H groups in total. The summed E-state index contributed by atoms with van der Waals surface area (Å²) in [5.74, 6) is 1.94. The van der Waals surface area contributed by atoms with Gasteiger partial charge in [-0.1, -0.05) is 19.0 Å². The number of nitrogens with one attached hydrogen (secondary N) is 1. The highest BCUT2D eigenvalue weighted by molar-refractivity contribution is 5.75. The lowest BCUT2D eigenvalue weighted by Gasteiger charge is -2.17. The Labute approximate surface area is 112 Å². The van der Waals surface area contributed by atoms with Crippen molar-refractivity contribution in [2.45, 2.75) is 51.6 Å². The number of methoxy groups -OCH3 is 1. The number of carbonyl (C=O) groups is 1. The maximum absolute atomic E-state index is 11.6. The van der Waals surface area contributed by atoms with Crippen molar-refractivity contribution in [3.05, 3.63) is 11.7 Å². The fourth-order valence-corrected chi connectivity index (χ4v) is 1.93. The lowest BCUT2D eigenvalue weighted by molar-refractivity contribution is -0.143. The topological polar surface area (TPSA) is 77.2 Å². The van der Waals surface area contributed by atoms with Crippen LogP contribution in [0.1, 0.15) is 50.7 Å². The van der Waals surface area contributed by atoms with Gasteiger partial charge >= 0.3 is 5.97 Å². The summed E-state index contributed by atoms with van der Waals surface area (Å²) >= 11 is 0. The number of esters is 1.